The molecule has 0 fully saturated rings. The summed E-state index contributed by atoms with van der Waals surface area (Å²) in [5, 5.41) is 6.90. The van der Waals surface area contributed by atoms with Crippen molar-refractivity contribution in [3.05, 3.63) is 51.3 Å². The third-order valence-corrected chi connectivity index (χ3v) is 4.70. The first-order chi connectivity index (χ1) is 13.2. The highest BCUT2D eigenvalue weighted by Gasteiger charge is 2.27. The fraction of sp³-hybridized carbons (Fsp3) is 0.421. The molecule has 3 N–H and O–H groups in total. The van der Waals surface area contributed by atoms with Crippen LogP contribution >= 0.6 is 23.2 Å². The first-order valence-corrected chi connectivity index (χ1v) is 9.52. The molecule has 1 aromatic carbocycles. The fourth-order valence-corrected chi connectivity index (χ4v) is 3.28. The maximum atomic E-state index is 12.6. The van der Waals surface area contributed by atoms with Crippen LogP contribution in [-0.4, -0.2) is 30.2 Å². The third kappa shape index (κ3) is 5.70. The van der Waals surface area contributed by atoms with Crippen LogP contribution in [0.4, 0.5) is 0 Å². The van der Waals surface area contributed by atoms with Gasteiger partial charge in [-0.05, 0) is 24.5 Å². The number of methoxy groups -OCH3 is 1. The van der Waals surface area contributed by atoms with Gasteiger partial charge in [-0.15, -0.1) is 0 Å². The van der Waals surface area contributed by atoms with Crippen molar-refractivity contribution >= 4 is 35.1 Å². The van der Waals surface area contributed by atoms with Crippen LogP contribution in [0.1, 0.15) is 48.1 Å². The topological polar surface area (TPSA) is 107 Å². The Morgan fingerprint density at radius 2 is 1.93 bits per heavy atom. The predicted octanol–water partition coefficient (Wildman–Crippen LogP) is 3.54. The van der Waals surface area contributed by atoms with Crippen LogP contribution in [0.15, 0.2) is 28.8 Å². The van der Waals surface area contributed by atoms with Gasteiger partial charge in [0.05, 0.1) is 28.8 Å². The molecular weight excluding hydrogens is 405 g/mol. The highest BCUT2D eigenvalue weighted by Crippen LogP contribution is 2.24. The van der Waals surface area contributed by atoms with Crippen molar-refractivity contribution in [2.24, 2.45) is 11.7 Å². The number of nitrogens with zero attached hydrogens (tertiary/aromatic N) is 1. The fourth-order valence-electron chi connectivity index (χ4n) is 2.71. The number of nitrogens with one attached hydrogen (secondary N) is 1. The zero-order valence-electron chi connectivity index (χ0n) is 15.9. The minimum atomic E-state index is -1.01. The number of amides is 1. The molecule has 0 spiro atoms. The number of rotatable bonds is 8. The van der Waals surface area contributed by atoms with Gasteiger partial charge in [0.2, 0.25) is 0 Å². The Kier molecular flexibility index (Phi) is 7.86. The van der Waals surface area contributed by atoms with E-state index in [0.717, 1.165) is 6.42 Å². The van der Waals surface area contributed by atoms with Crippen molar-refractivity contribution in [3.8, 4) is 0 Å². The molecule has 0 aliphatic carbocycles. The molecule has 2 rings (SSSR count). The molecule has 0 saturated carbocycles. The zero-order chi connectivity index (χ0) is 20.8. The van der Waals surface area contributed by atoms with Gasteiger partial charge >= 0.3 is 5.97 Å². The summed E-state index contributed by atoms with van der Waals surface area (Å²) < 4.78 is 10.1. The lowest BCUT2D eigenvalue weighted by atomic mass is 10.0. The minimum Gasteiger partial charge on any atom is -0.467 e. The molecule has 0 aliphatic heterocycles. The maximum Gasteiger partial charge on any atom is 0.328 e. The van der Waals surface area contributed by atoms with Crippen molar-refractivity contribution in [1.82, 2.24) is 10.5 Å². The molecule has 152 valence electrons. The van der Waals surface area contributed by atoms with Crippen molar-refractivity contribution in [2.45, 2.75) is 38.8 Å². The molecule has 9 heteroatoms. The molecule has 0 radical (unpaired) electrons. The van der Waals surface area contributed by atoms with E-state index in [0.29, 0.717) is 17.4 Å². The number of esters is 1. The second kappa shape index (κ2) is 9.91. The smallest absolute Gasteiger partial charge is 0.328 e. The average Bonchev–Trinajstić information content (AvgIpc) is 3.08. The number of aromatic nitrogens is 1. The van der Waals surface area contributed by atoms with Crippen LogP contribution in [-0.2, 0) is 16.0 Å². The van der Waals surface area contributed by atoms with Gasteiger partial charge < -0.3 is 20.3 Å². The molecular formula is C19H23Cl2N3O4. The highest BCUT2D eigenvalue weighted by molar-refractivity contribution is 6.39. The van der Waals surface area contributed by atoms with E-state index in [1.807, 2.05) is 0 Å². The second-order valence-electron chi connectivity index (χ2n) is 6.80. The van der Waals surface area contributed by atoms with E-state index >= 15 is 0 Å². The van der Waals surface area contributed by atoms with E-state index in [-0.39, 0.29) is 28.1 Å². The number of nitrogens with two attached hydrogens (primary N) is 1. The summed E-state index contributed by atoms with van der Waals surface area (Å²) in [6, 6.07) is 5.09. The lowest BCUT2D eigenvalue weighted by molar-refractivity contribution is -0.142. The molecule has 2 unspecified atom stereocenters. The molecule has 2 aromatic rings. The minimum absolute atomic E-state index is 0.0435. The van der Waals surface area contributed by atoms with Crippen molar-refractivity contribution in [3.63, 3.8) is 0 Å². The van der Waals surface area contributed by atoms with Gasteiger partial charge in [0.1, 0.15) is 17.5 Å². The van der Waals surface area contributed by atoms with Gasteiger partial charge in [-0.25, -0.2) is 4.79 Å². The molecule has 1 amide bonds. The SMILES string of the molecule is COC(=O)C(Cc1cc(C(N)CC(C)C)no1)NC(=O)c1c(Cl)cccc1Cl. The molecule has 0 saturated heterocycles. The van der Waals surface area contributed by atoms with Crippen molar-refractivity contribution in [1.29, 1.82) is 0 Å². The summed E-state index contributed by atoms with van der Waals surface area (Å²) in [6.07, 6.45) is 0.788. The van der Waals surface area contributed by atoms with E-state index in [1.54, 1.807) is 12.1 Å². The Morgan fingerprint density at radius 1 is 1.29 bits per heavy atom. The van der Waals surface area contributed by atoms with Crippen LogP contribution in [0.2, 0.25) is 10.0 Å². The van der Waals surface area contributed by atoms with Gasteiger partial charge in [0.15, 0.2) is 0 Å². The molecule has 0 bridgehead atoms. The van der Waals surface area contributed by atoms with Gasteiger partial charge in [-0.2, -0.15) is 0 Å². The lowest BCUT2D eigenvalue weighted by Crippen LogP contribution is -2.43. The average molecular weight is 428 g/mol. The van der Waals surface area contributed by atoms with Gasteiger partial charge in [-0.1, -0.05) is 48.3 Å². The summed E-state index contributed by atoms with van der Waals surface area (Å²) >= 11 is 12.1. The Bertz CT molecular complexity index is 818. The monoisotopic (exact) mass is 427 g/mol. The number of carbonyl (C=O) groups is 2. The van der Waals surface area contributed by atoms with Crippen LogP contribution in [0.25, 0.3) is 0 Å². The number of benzene rings is 1. The van der Waals surface area contributed by atoms with E-state index < -0.39 is 17.9 Å². The van der Waals surface area contributed by atoms with Crippen LogP contribution in [0.5, 0.6) is 0 Å². The second-order valence-corrected chi connectivity index (χ2v) is 7.62. The summed E-state index contributed by atoms with van der Waals surface area (Å²) in [6.45, 7) is 4.12. The quantitative estimate of drug-likeness (QED) is 0.623. The lowest BCUT2D eigenvalue weighted by Gasteiger charge is -2.16. The van der Waals surface area contributed by atoms with E-state index in [9.17, 15) is 9.59 Å². The number of carbonyl (C=O) groups excluding carboxylic acids is 2. The van der Waals surface area contributed by atoms with Crippen LogP contribution in [0.3, 0.4) is 0 Å². The third-order valence-electron chi connectivity index (χ3n) is 4.07. The Morgan fingerprint density at radius 3 is 2.50 bits per heavy atom. The Labute approximate surface area is 173 Å². The summed E-state index contributed by atoms with van der Waals surface area (Å²) in [5.74, 6) is -0.434. The molecule has 28 heavy (non-hydrogen) atoms. The summed E-state index contributed by atoms with van der Waals surface area (Å²) in [4.78, 5) is 24.7. The van der Waals surface area contributed by atoms with E-state index in [4.69, 9.17) is 38.2 Å². The van der Waals surface area contributed by atoms with Gasteiger partial charge in [0, 0.05) is 12.5 Å². The maximum absolute atomic E-state index is 12.6. The Balaban J connectivity index is 2.16. The normalized spacial score (nSPS) is 13.2. The number of halogens is 2. The van der Waals surface area contributed by atoms with Gasteiger partial charge in [-0.3, -0.25) is 4.79 Å². The summed E-state index contributed by atoms with van der Waals surface area (Å²) in [7, 11) is 1.23. The van der Waals surface area contributed by atoms with Crippen LogP contribution in [0, 0.1) is 5.92 Å². The molecule has 2 atom stereocenters. The zero-order valence-corrected chi connectivity index (χ0v) is 17.4. The molecule has 1 aromatic heterocycles. The van der Waals surface area contributed by atoms with Crippen molar-refractivity contribution in [2.75, 3.05) is 7.11 Å². The first kappa shape index (κ1) is 22.2. The van der Waals surface area contributed by atoms with E-state index in [2.05, 4.69) is 24.3 Å². The molecule has 7 nitrogen and oxygen atoms in total. The number of hydrogen-bond donors (Lipinski definition) is 2. The van der Waals surface area contributed by atoms with E-state index in [1.165, 1.54) is 19.2 Å². The van der Waals surface area contributed by atoms with Crippen LogP contribution < -0.4 is 11.1 Å². The highest BCUT2D eigenvalue weighted by atomic mass is 35.5. The van der Waals surface area contributed by atoms with Crippen molar-refractivity contribution < 1.29 is 18.8 Å². The predicted molar refractivity (Wildman–Crippen MR) is 106 cm³/mol. The standard InChI is InChI=1S/C19H23Cl2N3O4/c1-10(2)7-14(22)15-8-11(28-24-15)9-16(19(26)27-3)23-18(25)17-12(20)5-4-6-13(17)21/h4-6,8,10,14,16H,7,9,22H2,1-3H3,(H,23,25). The number of hydrogen-bond acceptors (Lipinski definition) is 6. The summed E-state index contributed by atoms with van der Waals surface area (Å²) in [5.41, 5.74) is 6.77. The van der Waals surface area contributed by atoms with Gasteiger partial charge in [0.25, 0.3) is 5.91 Å². The largest absolute Gasteiger partial charge is 0.467 e. The Hall–Kier alpha value is -2.09. The first-order valence-electron chi connectivity index (χ1n) is 8.76. The number of ether oxygens (including phenoxy) is 1. The molecule has 1 heterocycles. The molecule has 0 aliphatic rings.